The van der Waals surface area contributed by atoms with Gasteiger partial charge < -0.3 is 10.4 Å². The smallest absolute Gasteiger partial charge is 0.223 e. The quantitative estimate of drug-likeness (QED) is 0.665. The maximum absolute atomic E-state index is 8.84. The SMILES string of the molecule is CC(C)Nc1ncc(O)cn1. The van der Waals surface area contributed by atoms with Crippen LogP contribution in [0.15, 0.2) is 12.4 Å². The first-order chi connectivity index (χ1) is 5.18. The summed E-state index contributed by atoms with van der Waals surface area (Å²) in [6, 6.07) is 0.305. The standard InChI is InChI=1S/C7H11N3O/c1-5(2)10-7-8-3-6(11)4-9-7/h3-5,11H,1-2H3,(H,8,9,10). The largest absolute Gasteiger partial charge is 0.505 e. The van der Waals surface area contributed by atoms with Gasteiger partial charge in [-0.1, -0.05) is 0 Å². The summed E-state index contributed by atoms with van der Waals surface area (Å²) in [7, 11) is 0. The van der Waals surface area contributed by atoms with Crippen molar-refractivity contribution in [2.75, 3.05) is 5.32 Å². The van der Waals surface area contributed by atoms with Crippen molar-refractivity contribution in [2.45, 2.75) is 19.9 Å². The molecule has 1 rings (SSSR count). The van der Waals surface area contributed by atoms with Crippen LogP contribution >= 0.6 is 0 Å². The molecule has 0 spiro atoms. The fourth-order valence-corrected chi connectivity index (χ4v) is 0.654. The van der Waals surface area contributed by atoms with E-state index in [9.17, 15) is 0 Å². The summed E-state index contributed by atoms with van der Waals surface area (Å²) in [5.74, 6) is 0.622. The van der Waals surface area contributed by atoms with Gasteiger partial charge in [-0.05, 0) is 13.8 Å². The second kappa shape index (κ2) is 3.18. The van der Waals surface area contributed by atoms with Gasteiger partial charge in [0.1, 0.15) is 0 Å². The van der Waals surface area contributed by atoms with E-state index in [1.165, 1.54) is 12.4 Å². The second-order valence-electron chi connectivity index (χ2n) is 2.56. The molecule has 0 atom stereocenters. The van der Waals surface area contributed by atoms with Crippen LogP contribution in [0.1, 0.15) is 13.8 Å². The van der Waals surface area contributed by atoms with Crippen LogP contribution in [0.5, 0.6) is 5.75 Å². The molecule has 11 heavy (non-hydrogen) atoms. The molecule has 0 aliphatic heterocycles. The van der Waals surface area contributed by atoms with Gasteiger partial charge in [0.2, 0.25) is 5.95 Å². The Balaban J connectivity index is 2.66. The average molecular weight is 153 g/mol. The van der Waals surface area contributed by atoms with Crippen LogP contribution in [-0.4, -0.2) is 21.1 Å². The van der Waals surface area contributed by atoms with Crippen LogP contribution in [0.2, 0.25) is 0 Å². The maximum Gasteiger partial charge on any atom is 0.223 e. The lowest BCUT2D eigenvalue weighted by Crippen LogP contribution is -2.11. The molecule has 1 heterocycles. The fourth-order valence-electron chi connectivity index (χ4n) is 0.654. The zero-order chi connectivity index (χ0) is 8.27. The van der Waals surface area contributed by atoms with Gasteiger partial charge in [0, 0.05) is 6.04 Å². The Labute approximate surface area is 65.3 Å². The van der Waals surface area contributed by atoms with Gasteiger partial charge in [0.05, 0.1) is 12.4 Å². The molecule has 2 N–H and O–H groups in total. The summed E-state index contributed by atoms with van der Waals surface area (Å²) < 4.78 is 0. The van der Waals surface area contributed by atoms with Gasteiger partial charge in [0.15, 0.2) is 5.75 Å². The minimum atomic E-state index is 0.0827. The molecule has 0 saturated carbocycles. The number of hydrogen-bond donors (Lipinski definition) is 2. The molecular weight excluding hydrogens is 142 g/mol. The second-order valence-corrected chi connectivity index (χ2v) is 2.56. The molecule has 4 nitrogen and oxygen atoms in total. The van der Waals surface area contributed by atoms with E-state index >= 15 is 0 Å². The lowest BCUT2D eigenvalue weighted by atomic mass is 10.4. The summed E-state index contributed by atoms with van der Waals surface area (Å²) in [4.78, 5) is 7.69. The maximum atomic E-state index is 8.84. The lowest BCUT2D eigenvalue weighted by Gasteiger charge is -2.06. The van der Waals surface area contributed by atoms with E-state index in [1.807, 2.05) is 13.8 Å². The summed E-state index contributed by atoms with van der Waals surface area (Å²) in [5, 5.41) is 11.8. The first-order valence-corrected chi connectivity index (χ1v) is 3.46. The topological polar surface area (TPSA) is 58.0 Å². The van der Waals surface area contributed by atoms with Crippen molar-refractivity contribution in [3.63, 3.8) is 0 Å². The van der Waals surface area contributed by atoms with Crippen molar-refractivity contribution >= 4 is 5.95 Å². The van der Waals surface area contributed by atoms with Gasteiger partial charge in [-0.15, -0.1) is 0 Å². The van der Waals surface area contributed by atoms with E-state index < -0.39 is 0 Å². The van der Waals surface area contributed by atoms with E-state index in [4.69, 9.17) is 5.11 Å². The number of nitrogens with zero attached hydrogens (tertiary/aromatic N) is 2. The van der Waals surface area contributed by atoms with E-state index in [0.29, 0.717) is 12.0 Å². The predicted octanol–water partition coefficient (Wildman–Crippen LogP) is 1.00. The third-order valence-electron chi connectivity index (χ3n) is 1.06. The van der Waals surface area contributed by atoms with Crippen LogP contribution in [-0.2, 0) is 0 Å². The third kappa shape index (κ3) is 2.41. The number of aromatic hydroxyl groups is 1. The molecule has 0 radical (unpaired) electrons. The van der Waals surface area contributed by atoms with Gasteiger partial charge in [-0.25, -0.2) is 9.97 Å². The molecule has 60 valence electrons. The molecule has 1 aromatic heterocycles. The molecular formula is C7H11N3O. The van der Waals surface area contributed by atoms with E-state index in [2.05, 4.69) is 15.3 Å². The fraction of sp³-hybridized carbons (Fsp3) is 0.429. The monoisotopic (exact) mass is 153 g/mol. The number of nitrogens with one attached hydrogen (secondary N) is 1. The molecule has 4 heteroatoms. The van der Waals surface area contributed by atoms with Crippen molar-refractivity contribution in [1.82, 2.24) is 9.97 Å². The van der Waals surface area contributed by atoms with Crippen molar-refractivity contribution < 1.29 is 5.11 Å². The Morgan fingerprint density at radius 1 is 1.36 bits per heavy atom. The lowest BCUT2D eigenvalue weighted by molar-refractivity contribution is 0.469. The van der Waals surface area contributed by atoms with Crippen molar-refractivity contribution in [1.29, 1.82) is 0 Å². The van der Waals surface area contributed by atoms with Crippen molar-refractivity contribution in [3.05, 3.63) is 12.4 Å². The Morgan fingerprint density at radius 3 is 2.36 bits per heavy atom. The third-order valence-corrected chi connectivity index (χ3v) is 1.06. The first kappa shape index (κ1) is 7.78. The van der Waals surface area contributed by atoms with Crippen LogP contribution in [0.3, 0.4) is 0 Å². The van der Waals surface area contributed by atoms with Crippen LogP contribution in [0.25, 0.3) is 0 Å². The van der Waals surface area contributed by atoms with Gasteiger partial charge in [-0.2, -0.15) is 0 Å². The highest BCUT2D eigenvalue weighted by atomic mass is 16.3. The molecule has 0 amide bonds. The number of rotatable bonds is 2. The van der Waals surface area contributed by atoms with E-state index in [0.717, 1.165) is 0 Å². The molecule has 0 aliphatic carbocycles. The molecule has 0 aromatic carbocycles. The van der Waals surface area contributed by atoms with E-state index in [-0.39, 0.29) is 5.75 Å². The minimum Gasteiger partial charge on any atom is -0.505 e. The number of anilines is 1. The Bertz CT molecular complexity index is 220. The zero-order valence-electron chi connectivity index (χ0n) is 6.57. The summed E-state index contributed by atoms with van der Waals surface area (Å²) in [5.41, 5.74) is 0. The van der Waals surface area contributed by atoms with Crippen LogP contribution < -0.4 is 5.32 Å². The molecule has 0 fully saturated rings. The zero-order valence-corrected chi connectivity index (χ0v) is 6.57. The van der Waals surface area contributed by atoms with E-state index in [1.54, 1.807) is 0 Å². The average Bonchev–Trinajstić information content (AvgIpc) is 1.93. The number of aromatic nitrogens is 2. The minimum absolute atomic E-state index is 0.0827. The Kier molecular flexibility index (Phi) is 2.25. The summed E-state index contributed by atoms with van der Waals surface area (Å²) in [6.07, 6.45) is 2.72. The van der Waals surface area contributed by atoms with Gasteiger partial charge >= 0.3 is 0 Å². The van der Waals surface area contributed by atoms with Crippen LogP contribution in [0.4, 0.5) is 5.95 Å². The van der Waals surface area contributed by atoms with Crippen LogP contribution in [0, 0.1) is 0 Å². The van der Waals surface area contributed by atoms with Gasteiger partial charge in [0.25, 0.3) is 0 Å². The highest BCUT2D eigenvalue weighted by molar-refractivity contribution is 5.26. The molecule has 0 aliphatic rings. The molecule has 0 unspecified atom stereocenters. The summed E-state index contributed by atoms with van der Waals surface area (Å²) in [6.45, 7) is 3.99. The Morgan fingerprint density at radius 2 is 1.91 bits per heavy atom. The molecule has 0 saturated heterocycles. The van der Waals surface area contributed by atoms with Gasteiger partial charge in [-0.3, -0.25) is 0 Å². The Hall–Kier alpha value is -1.32. The predicted molar refractivity (Wildman–Crippen MR) is 42.5 cm³/mol. The number of hydrogen-bond acceptors (Lipinski definition) is 4. The normalized spacial score (nSPS) is 10.1. The van der Waals surface area contributed by atoms with Crippen molar-refractivity contribution in [2.24, 2.45) is 0 Å². The first-order valence-electron chi connectivity index (χ1n) is 3.46. The molecule has 0 bridgehead atoms. The highest BCUT2D eigenvalue weighted by Crippen LogP contribution is 2.05. The van der Waals surface area contributed by atoms with Crippen molar-refractivity contribution in [3.8, 4) is 5.75 Å². The summed E-state index contributed by atoms with van der Waals surface area (Å²) >= 11 is 0. The molecule has 1 aromatic rings. The highest BCUT2D eigenvalue weighted by Gasteiger charge is 1.96.